The Kier molecular flexibility index (Phi) is 5.59. The number of aliphatic carboxylic acids is 1. The average molecular weight is 453 g/mol. The second-order valence-electron chi connectivity index (χ2n) is 8.28. The fraction of sp³-hybridized carbons (Fsp3) is 0.148. The number of carboxylic acids is 1. The van der Waals surface area contributed by atoms with Crippen LogP contribution in [0.4, 0.5) is 11.4 Å². The van der Waals surface area contributed by atoms with Crippen molar-refractivity contribution in [2.75, 3.05) is 11.9 Å². The van der Waals surface area contributed by atoms with Crippen molar-refractivity contribution in [2.24, 2.45) is 0 Å². The fourth-order valence-electron chi connectivity index (χ4n) is 4.33. The van der Waals surface area contributed by atoms with Gasteiger partial charge in [-0.05, 0) is 48.7 Å². The summed E-state index contributed by atoms with van der Waals surface area (Å²) in [5.41, 5.74) is 6.01. The van der Waals surface area contributed by atoms with Gasteiger partial charge in [0, 0.05) is 29.0 Å². The third kappa shape index (κ3) is 3.92. The molecule has 0 saturated heterocycles. The first kappa shape index (κ1) is 21.5. The second kappa shape index (κ2) is 8.86. The number of hydrogen-bond donors (Lipinski definition) is 3. The molecule has 1 unspecified atom stereocenters. The lowest BCUT2D eigenvalue weighted by molar-refractivity contribution is -0.141. The molecule has 170 valence electrons. The summed E-state index contributed by atoms with van der Waals surface area (Å²) < 4.78 is 0. The second-order valence-corrected chi connectivity index (χ2v) is 8.28. The van der Waals surface area contributed by atoms with Gasteiger partial charge in [-0.25, -0.2) is 9.78 Å². The molecule has 3 aromatic carbocycles. The molecule has 7 heteroatoms. The SMILES string of the molecule is CC(C(=O)O)N1CCc2c(Nc3ccccc3-c3ncc(-c4ccccc4)[nH]3)cccc2C1=O. The quantitative estimate of drug-likeness (QED) is 0.384. The number of nitrogens with zero attached hydrogens (tertiary/aromatic N) is 2. The van der Waals surface area contributed by atoms with Crippen molar-refractivity contribution in [3.8, 4) is 22.6 Å². The van der Waals surface area contributed by atoms with E-state index in [0.29, 0.717) is 18.5 Å². The minimum atomic E-state index is -1.01. The van der Waals surface area contributed by atoms with Gasteiger partial charge < -0.3 is 20.3 Å². The normalized spacial score (nSPS) is 13.9. The molecule has 5 rings (SSSR count). The van der Waals surface area contributed by atoms with Crippen molar-refractivity contribution in [2.45, 2.75) is 19.4 Å². The van der Waals surface area contributed by atoms with Gasteiger partial charge in [0.1, 0.15) is 11.9 Å². The number of anilines is 2. The van der Waals surface area contributed by atoms with Gasteiger partial charge in [0.25, 0.3) is 5.91 Å². The summed E-state index contributed by atoms with van der Waals surface area (Å²) in [6, 6.07) is 22.5. The van der Waals surface area contributed by atoms with Crippen LogP contribution in [0.5, 0.6) is 0 Å². The Bertz CT molecular complexity index is 1360. The van der Waals surface area contributed by atoms with Gasteiger partial charge in [0.2, 0.25) is 0 Å². The lowest BCUT2D eigenvalue weighted by Crippen LogP contribution is -2.47. The molecule has 0 spiro atoms. The van der Waals surface area contributed by atoms with Crippen molar-refractivity contribution in [3.05, 3.63) is 90.1 Å². The molecule has 1 atom stereocenters. The van der Waals surface area contributed by atoms with E-state index in [0.717, 1.165) is 39.6 Å². The van der Waals surface area contributed by atoms with E-state index in [1.807, 2.05) is 72.9 Å². The summed E-state index contributed by atoms with van der Waals surface area (Å²) in [6.07, 6.45) is 2.39. The Morgan fingerprint density at radius 3 is 2.50 bits per heavy atom. The lowest BCUT2D eigenvalue weighted by Gasteiger charge is -2.32. The van der Waals surface area contributed by atoms with Crippen LogP contribution >= 0.6 is 0 Å². The van der Waals surface area contributed by atoms with Crippen LogP contribution in [-0.2, 0) is 11.2 Å². The van der Waals surface area contributed by atoms with Gasteiger partial charge in [-0.15, -0.1) is 0 Å². The minimum Gasteiger partial charge on any atom is -0.480 e. The minimum absolute atomic E-state index is 0.258. The highest BCUT2D eigenvalue weighted by Crippen LogP contribution is 2.34. The summed E-state index contributed by atoms with van der Waals surface area (Å²) >= 11 is 0. The van der Waals surface area contributed by atoms with Crippen molar-refractivity contribution in [3.63, 3.8) is 0 Å². The number of fused-ring (bicyclic) bond motifs is 1. The molecule has 0 radical (unpaired) electrons. The summed E-state index contributed by atoms with van der Waals surface area (Å²) in [6.45, 7) is 1.90. The summed E-state index contributed by atoms with van der Waals surface area (Å²) in [5.74, 6) is -0.524. The van der Waals surface area contributed by atoms with E-state index in [9.17, 15) is 14.7 Å². The molecule has 1 aliphatic rings. The average Bonchev–Trinajstić information content (AvgIpc) is 3.35. The maximum Gasteiger partial charge on any atom is 0.326 e. The number of imidazole rings is 1. The van der Waals surface area contributed by atoms with Crippen LogP contribution in [0.1, 0.15) is 22.8 Å². The molecular weight excluding hydrogens is 428 g/mol. The van der Waals surface area contributed by atoms with Gasteiger partial charge >= 0.3 is 5.97 Å². The first-order chi connectivity index (χ1) is 16.5. The van der Waals surface area contributed by atoms with E-state index >= 15 is 0 Å². The number of benzene rings is 3. The highest BCUT2D eigenvalue weighted by atomic mass is 16.4. The summed E-state index contributed by atoms with van der Waals surface area (Å²) in [7, 11) is 0. The maximum absolute atomic E-state index is 13.0. The molecule has 1 amide bonds. The summed E-state index contributed by atoms with van der Waals surface area (Å²) in [4.78, 5) is 33.8. The fourth-order valence-corrected chi connectivity index (χ4v) is 4.33. The van der Waals surface area contributed by atoms with Crippen LogP contribution in [0, 0.1) is 0 Å². The van der Waals surface area contributed by atoms with Gasteiger partial charge in [-0.3, -0.25) is 4.79 Å². The number of aromatic nitrogens is 2. The zero-order valence-electron chi connectivity index (χ0n) is 18.7. The molecule has 1 aromatic heterocycles. The monoisotopic (exact) mass is 452 g/mol. The molecule has 7 nitrogen and oxygen atoms in total. The number of amides is 1. The number of H-pyrrole nitrogens is 1. The van der Waals surface area contributed by atoms with Crippen molar-refractivity contribution < 1.29 is 14.7 Å². The molecule has 4 aromatic rings. The van der Waals surface area contributed by atoms with Crippen molar-refractivity contribution in [1.82, 2.24) is 14.9 Å². The summed E-state index contributed by atoms with van der Waals surface area (Å²) in [5, 5.41) is 12.8. The third-order valence-electron chi connectivity index (χ3n) is 6.21. The predicted octanol–water partition coefficient (Wildman–Crippen LogP) is 4.96. The molecule has 0 fully saturated rings. The molecule has 1 aliphatic heterocycles. The first-order valence-electron chi connectivity index (χ1n) is 11.2. The molecule has 0 bridgehead atoms. The predicted molar refractivity (Wildman–Crippen MR) is 131 cm³/mol. The zero-order chi connectivity index (χ0) is 23.7. The first-order valence-corrected chi connectivity index (χ1v) is 11.2. The maximum atomic E-state index is 13.0. The molecule has 0 aliphatic carbocycles. The number of nitrogens with one attached hydrogen (secondary N) is 2. The van der Waals surface area contributed by atoms with Crippen LogP contribution in [0.2, 0.25) is 0 Å². The number of hydrogen-bond acceptors (Lipinski definition) is 4. The van der Waals surface area contributed by atoms with Crippen LogP contribution in [-0.4, -0.2) is 44.4 Å². The largest absolute Gasteiger partial charge is 0.480 e. The highest BCUT2D eigenvalue weighted by molar-refractivity contribution is 6.00. The third-order valence-corrected chi connectivity index (χ3v) is 6.21. The number of carbonyl (C=O) groups excluding carboxylic acids is 1. The number of para-hydroxylation sites is 1. The lowest BCUT2D eigenvalue weighted by atomic mass is 9.95. The number of rotatable bonds is 6. The van der Waals surface area contributed by atoms with E-state index in [1.54, 1.807) is 6.07 Å². The molecule has 2 heterocycles. The Morgan fingerprint density at radius 1 is 1.00 bits per heavy atom. The van der Waals surface area contributed by atoms with Crippen LogP contribution in [0.15, 0.2) is 79.0 Å². The van der Waals surface area contributed by atoms with E-state index in [4.69, 9.17) is 0 Å². The Morgan fingerprint density at radius 2 is 1.71 bits per heavy atom. The van der Waals surface area contributed by atoms with Crippen LogP contribution in [0.25, 0.3) is 22.6 Å². The van der Waals surface area contributed by atoms with Crippen LogP contribution < -0.4 is 5.32 Å². The van der Waals surface area contributed by atoms with Gasteiger partial charge in [-0.2, -0.15) is 0 Å². The van der Waals surface area contributed by atoms with Crippen LogP contribution in [0.3, 0.4) is 0 Å². The Balaban J connectivity index is 1.46. The van der Waals surface area contributed by atoms with Crippen molar-refractivity contribution >= 4 is 23.3 Å². The van der Waals surface area contributed by atoms with Gasteiger partial charge in [0.05, 0.1) is 11.9 Å². The molecular formula is C27H24N4O3. The number of aromatic amines is 1. The molecule has 3 N–H and O–H groups in total. The van der Waals surface area contributed by atoms with Gasteiger partial charge in [0.15, 0.2) is 0 Å². The Labute approximate surface area is 197 Å². The van der Waals surface area contributed by atoms with Gasteiger partial charge in [-0.1, -0.05) is 48.5 Å². The van der Waals surface area contributed by atoms with E-state index in [1.165, 1.54) is 11.8 Å². The van der Waals surface area contributed by atoms with E-state index in [2.05, 4.69) is 15.3 Å². The Hall–Kier alpha value is -4.39. The number of carboxylic acid groups (broad SMARTS) is 1. The highest BCUT2D eigenvalue weighted by Gasteiger charge is 2.32. The molecule has 0 saturated carbocycles. The smallest absolute Gasteiger partial charge is 0.326 e. The molecule has 34 heavy (non-hydrogen) atoms. The van der Waals surface area contributed by atoms with E-state index < -0.39 is 12.0 Å². The zero-order valence-corrected chi connectivity index (χ0v) is 18.7. The van der Waals surface area contributed by atoms with E-state index in [-0.39, 0.29) is 5.91 Å². The topological polar surface area (TPSA) is 98.3 Å². The van der Waals surface area contributed by atoms with Crippen molar-refractivity contribution in [1.29, 1.82) is 0 Å². The standard InChI is InChI=1S/C27H24N4O3/c1-17(27(33)34)31-15-14-19-20(26(31)32)11-7-13-22(19)29-23-12-6-5-10-21(23)25-28-16-24(30-25)18-8-3-2-4-9-18/h2-13,16-17,29H,14-15H2,1H3,(H,28,30)(H,33,34). The number of carbonyl (C=O) groups is 2.